The predicted molar refractivity (Wildman–Crippen MR) is 78.3 cm³/mol. The third-order valence-electron chi connectivity index (χ3n) is 3.46. The number of methoxy groups -OCH3 is 1. The highest BCUT2D eigenvalue weighted by Gasteiger charge is 2.33. The minimum atomic E-state index is -3.68. The average Bonchev–Trinajstić information content (AvgIpc) is 3.06. The number of halogens is 1. The summed E-state index contributed by atoms with van der Waals surface area (Å²) in [6, 6.07) is 1.13. The Labute approximate surface area is 130 Å². The van der Waals surface area contributed by atoms with E-state index < -0.39 is 16.0 Å². The molecule has 1 N–H and O–H groups in total. The van der Waals surface area contributed by atoms with Gasteiger partial charge in [-0.2, -0.15) is 4.31 Å². The summed E-state index contributed by atoms with van der Waals surface area (Å²) >= 11 is 0. The lowest BCUT2D eigenvalue weighted by molar-refractivity contribution is 0.0563. The van der Waals surface area contributed by atoms with Gasteiger partial charge in [-0.05, 0) is 19.9 Å². The second kappa shape index (κ2) is 6.78. The van der Waals surface area contributed by atoms with Crippen LogP contribution < -0.4 is 5.32 Å². The van der Waals surface area contributed by atoms with E-state index in [9.17, 15) is 13.2 Å². The largest absolute Gasteiger partial charge is 0.463 e. The molecule has 0 amide bonds. The van der Waals surface area contributed by atoms with Gasteiger partial charge in [0.1, 0.15) is 10.7 Å². The van der Waals surface area contributed by atoms with Crippen molar-refractivity contribution >= 4 is 28.4 Å². The number of nitrogens with one attached hydrogen (secondary N) is 1. The van der Waals surface area contributed by atoms with Gasteiger partial charge in [0.2, 0.25) is 15.8 Å². The molecule has 0 aliphatic carbocycles. The summed E-state index contributed by atoms with van der Waals surface area (Å²) in [6.07, 6.45) is 0.760. The first kappa shape index (κ1) is 18.0. The van der Waals surface area contributed by atoms with E-state index in [1.807, 2.05) is 0 Å². The molecule has 1 unspecified atom stereocenters. The van der Waals surface area contributed by atoms with Gasteiger partial charge < -0.3 is 14.5 Å². The predicted octanol–water partition coefficient (Wildman–Crippen LogP) is 0.779. The molecule has 0 bridgehead atoms. The Morgan fingerprint density at radius 3 is 2.71 bits per heavy atom. The normalized spacial score (nSPS) is 18.6. The molecule has 120 valence electrons. The molecular formula is C12H19ClN2O5S. The van der Waals surface area contributed by atoms with Gasteiger partial charge in [-0.1, -0.05) is 0 Å². The summed E-state index contributed by atoms with van der Waals surface area (Å²) in [7, 11) is -0.930. The fourth-order valence-corrected chi connectivity index (χ4v) is 3.77. The number of hydrogen-bond acceptors (Lipinski definition) is 6. The van der Waals surface area contributed by atoms with Gasteiger partial charge in [0.05, 0.1) is 7.11 Å². The highest BCUT2D eigenvalue weighted by molar-refractivity contribution is 7.89. The molecule has 1 aromatic rings. The molecule has 0 spiro atoms. The second-order valence-corrected chi connectivity index (χ2v) is 6.66. The average molecular weight is 339 g/mol. The molecule has 0 radical (unpaired) electrons. The maximum atomic E-state index is 12.6. The fraction of sp³-hybridized carbons (Fsp3) is 0.583. The minimum absolute atomic E-state index is 0. The summed E-state index contributed by atoms with van der Waals surface area (Å²) in [4.78, 5) is 11.4. The molecule has 21 heavy (non-hydrogen) atoms. The van der Waals surface area contributed by atoms with Crippen molar-refractivity contribution < 1.29 is 22.4 Å². The first-order valence-electron chi connectivity index (χ1n) is 6.25. The van der Waals surface area contributed by atoms with Crippen LogP contribution in [0.3, 0.4) is 0 Å². The number of esters is 1. The van der Waals surface area contributed by atoms with Crippen molar-refractivity contribution in [3.8, 4) is 0 Å². The number of likely N-dealkylation sites (N-methyl/N-ethyl adjacent to an activating group) is 1. The van der Waals surface area contributed by atoms with E-state index in [4.69, 9.17) is 4.42 Å². The zero-order chi connectivity index (χ0) is 14.9. The summed E-state index contributed by atoms with van der Waals surface area (Å²) in [5.74, 6) is -0.621. The molecule has 1 saturated heterocycles. The Hall–Kier alpha value is -1.09. The van der Waals surface area contributed by atoms with Gasteiger partial charge >= 0.3 is 5.97 Å². The van der Waals surface area contributed by atoms with Crippen LogP contribution in [0, 0.1) is 6.92 Å². The highest BCUT2D eigenvalue weighted by Crippen LogP contribution is 2.25. The van der Waals surface area contributed by atoms with E-state index in [-0.39, 0.29) is 34.9 Å². The standard InChI is InChI=1S/C12H18N2O5S.ClH/c1-8-11(6-10(19-8)12(15)18-3)20(16,17)14(2)9-4-5-13-7-9;/h6,9,13H,4-5,7H2,1-3H3;1H. The van der Waals surface area contributed by atoms with Gasteiger partial charge in [-0.25, -0.2) is 13.2 Å². The lowest BCUT2D eigenvalue weighted by atomic mass is 10.3. The molecule has 1 fully saturated rings. The van der Waals surface area contributed by atoms with Crippen molar-refractivity contribution in [2.75, 3.05) is 27.2 Å². The number of rotatable bonds is 4. The third-order valence-corrected chi connectivity index (χ3v) is 5.48. The third kappa shape index (κ3) is 3.39. The molecule has 1 aliphatic heterocycles. The van der Waals surface area contributed by atoms with Gasteiger partial charge in [0.25, 0.3) is 0 Å². The van der Waals surface area contributed by atoms with Crippen molar-refractivity contribution in [2.45, 2.75) is 24.3 Å². The number of nitrogens with zero attached hydrogens (tertiary/aromatic N) is 1. The molecule has 1 aromatic heterocycles. The Morgan fingerprint density at radius 2 is 2.19 bits per heavy atom. The SMILES string of the molecule is COC(=O)c1cc(S(=O)(=O)N(C)C2CCNC2)c(C)o1.Cl. The summed E-state index contributed by atoms with van der Waals surface area (Å²) < 4.78 is 36.1. The number of carbonyl (C=O) groups is 1. The number of carbonyl (C=O) groups excluding carboxylic acids is 1. The number of hydrogen-bond donors (Lipinski definition) is 1. The molecule has 2 heterocycles. The van der Waals surface area contributed by atoms with Crippen LogP contribution in [0.2, 0.25) is 0 Å². The maximum Gasteiger partial charge on any atom is 0.373 e. The minimum Gasteiger partial charge on any atom is -0.463 e. The van der Waals surface area contributed by atoms with Crippen LogP contribution in [-0.2, 0) is 14.8 Å². The van der Waals surface area contributed by atoms with Gasteiger partial charge in [0, 0.05) is 25.7 Å². The van der Waals surface area contributed by atoms with Gasteiger partial charge in [-0.3, -0.25) is 0 Å². The van der Waals surface area contributed by atoms with Crippen molar-refractivity contribution in [1.82, 2.24) is 9.62 Å². The van der Waals surface area contributed by atoms with Crippen LogP contribution in [0.25, 0.3) is 0 Å². The van der Waals surface area contributed by atoms with Crippen LogP contribution in [0.1, 0.15) is 22.7 Å². The molecule has 7 nitrogen and oxygen atoms in total. The van der Waals surface area contributed by atoms with Crippen molar-refractivity contribution in [3.05, 3.63) is 17.6 Å². The summed E-state index contributed by atoms with van der Waals surface area (Å²) in [5.41, 5.74) is 0. The van der Waals surface area contributed by atoms with Crippen molar-refractivity contribution in [1.29, 1.82) is 0 Å². The lowest BCUT2D eigenvalue weighted by Crippen LogP contribution is -2.38. The van der Waals surface area contributed by atoms with E-state index in [1.54, 1.807) is 0 Å². The monoisotopic (exact) mass is 338 g/mol. The molecular weight excluding hydrogens is 320 g/mol. The van der Waals surface area contributed by atoms with Crippen molar-refractivity contribution in [2.24, 2.45) is 0 Å². The zero-order valence-electron chi connectivity index (χ0n) is 12.1. The molecule has 9 heteroatoms. The summed E-state index contributed by atoms with van der Waals surface area (Å²) in [6.45, 7) is 2.93. The first-order valence-corrected chi connectivity index (χ1v) is 7.69. The number of sulfonamides is 1. The van der Waals surface area contributed by atoms with E-state index in [2.05, 4.69) is 10.1 Å². The topological polar surface area (TPSA) is 88.9 Å². The Morgan fingerprint density at radius 1 is 1.52 bits per heavy atom. The number of ether oxygens (including phenoxy) is 1. The van der Waals surface area contributed by atoms with Crippen LogP contribution >= 0.6 is 12.4 Å². The second-order valence-electron chi connectivity index (χ2n) is 4.69. The first-order chi connectivity index (χ1) is 9.37. The molecule has 1 aliphatic rings. The van der Waals surface area contributed by atoms with Gasteiger partial charge in [0.15, 0.2) is 0 Å². The van der Waals surface area contributed by atoms with E-state index >= 15 is 0 Å². The lowest BCUT2D eigenvalue weighted by Gasteiger charge is -2.22. The Bertz CT molecular complexity index is 607. The van der Waals surface area contributed by atoms with Gasteiger partial charge in [-0.15, -0.1) is 12.4 Å². The molecule has 2 rings (SSSR count). The number of aryl methyl sites for hydroxylation is 1. The molecule has 1 atom stereocenters. The smallest absolute Gasteiger partial charge is 0.373 e. The Balaban J connectivity index is 0.00000220. The van der Waals surface area contributed by atoms with E-state index in [0.717, 1.165) is 13.0 Å². The molecule has 0 aromatic carbocycles. The Kier molecular flexibility index (Phi) is 5.80. The zero-order valence-corrected chi connectivity index (χ0v) is 13.7. The van der Waals surface area contributed by atoms with Crippen molar-refractivity contribution in [3.63, 3.8) is 0 Å². The van der Waals surface area contributed by atoms with Crippen LogP contribution in [0.5, 0.6) is 0 Å². The highest BCUT2D eigenvalue weighted by atomic mass is 35.5. The summed E-state index contributed by atoms with van der Waals surface area (Å²) in [5, 5.41) is 3.12. The quantitative estimate of drug-likeness (QED) is 0.816. The molecule has 0 saturated carbocycles. The van der Waals surface area contributed by atoms with Crippen LogP contribution in [0.15, 0.2) is 15.4 Å². The fourth-order valence-electron chi connectivity index (χ4n) is 2.22. The van der Waals surface area contributed by atoms with E-state index in [0.29, 0.717) is 6.54 Å². The number of furan rings is 1. The van der Waals surface area contributed by atoms with E-state index in [1.165, 1.54) is 31.5 Å². The van der Waals surface area contributed by atoms with Crippen LogP contribution in [-0.4, -0.2) is 52.0 Å². The van der Waals surface area contributed by atoms with Crippen LogP contribution in [0.4, 0.5) is 0 Å². The maximum absolute atomic E-state index is 12.6.